The van der Waals surface area contributed by atoms with Crippen LogP contribution < -0.4 is 5.32 Å². The van der Waals surface area contributed by atoms with Crippen LogP contribution in [0.2, 0.25) is 0 Å². The molecular formula is C12H17N3O. The zero-order valence-electron chi connectivity index (χ0n) is 9.52. The maximum Gasteiger partial charge on any atom is 0.269 e. The van der Waals surface area contributed by atoms with Gasteiger partial charge in [0.05, 0.1) is 0 Å². The zero-order chi connectivity index (χ0) is 11.4. The quantitative estimate of drug-likeness (QED) is 0.821. The summed E-state index contributed by atoms with van der Waals surface area (Å²) in [6, 6.07) is 5.84. The Labute approximate surface area is 95.7 Å². The van der Waals surface area contributed by atoms with Gasteiger partial charge >= 0.3 is 0 Å². The van der Waals surface area contributed by atoms with Crippen LogP contribution in [0.3, 0.4) is 0 Å². The van der Waals surface area contributed by atoms with Crippen LogP contribution in [0, 0.1) is 0 Å². The van der Waals surface area contributed by atoms with Crippen molar-refractivity contribution >= 4 is 5.91 Å². The van der Waals surface area contributed by atoms with Crippen LogP contribution in [0.15, 0.2) is 24.4 Å². The molecule has 0 spiro atoms. The maximum atomic E-state index is 11.7. The van der Waals surface area contributed by atoms with Gasteiger partial charge in [0.1, 0.15) is 5.69 Å². The van der Waals surface area contributed by atoms with E-state index in [2.05, 4.69) is 22.2 Å². The molecule has 2 heterocycles. The molecule has 1 aliphatic rings. The molecule has 1 amide bonds. The van der Waals surface area contributed by atoms with Crippen LogP contribution in [-0.4, -0.2) is 42.0 Å². The molecule has 2 rings (SSSR count). The fourth-order valence-electron chi connectivity index (χ4n) is 2.04. The Morgan fingerprint density at radius 1 is 1.62 bits per heavy atom. The van der Waals surface area contributed by atoms with E-state index < -0.39 is 0 Å². The van der Waals surface area contributed by atoms with Gasteiger partial charge in [0.15, 0.2) is 0 Å². The Morgan fingerprint density at radius 3 is 3.12 bits per heavy atom. The third-order valence-electron chi connectivity index (χ3n) is 3.07. The number of hydrogen-bond donors (Lipinski definition) is 1. The highest BCUT2D eigenvalue weighted by molar-refractivity contribution is 5.92. The number of hydrogen-bond acceptors (Lipinski definition) is 3. The van der Waals surface area contributed by atoms with Crippen LogP contribution in [0.5, 0.6) is 0 Å². The number of carbonyl (C=O) groups excluding carboxylic acids is 1. The van der Waals surface area contributed by atoms with Crippen molar-refractivity contribution in [2.45, 2.75) is 18.9 Å². The second kappa shape index (κ2) is 5.07. The predicted octanol–water partition coefficient (Wildman–Crippen LogP) is 0.906. The van der Waals surface area contributed by atoms with Crippen LogP contribution in [0.1, 0.15) is 23.3 Å². The molecule has 1 atom stereocenters. The lowest BCUT2D eigenvalue weighted by molar-refractivity contribution is 0.0938. The van der Waals surface area contributed by atoms with Crippen molar-refractivity contribution < 1.29 is 4.79 Å². The fourth-order valence-corrected chi connectivity index (χ4v) is 2.04. The van der Waals surface area contributed by atoms with Crippen molar-refractivity contribution in [1.29, 1.82) is 0 Å². The summed E-state index contributed by atoms with van der Waals surface area (Å²) in [6.45, 7) is 1.84. The van der Waals surface area contributed by atoms with E-state index in [4.69, 9.17) is 0 Å². The Hall–Kier alpha value is -1.42. The lowest BCUT2D eigenvalue weighted by atomic mass is 10.2. The summed E-state index contributed by atoms with van der Waals surface area (Å²) in [4.78, 5) is 18.0. The summed E-state index contributed by atoms with van der Waals surface area (Å²) in [5, 5.41) is 2.93. The minimum Gasteiger partial charge on any atom is -0.349 e. The summed E-state index contributed by atoms with van der Waals surface area (Å²) < 4.78 is 0. The molecule has 0 aromatic carbocycles. The second-order valence-electron chi connectivity index (χ2n) is 4.20. The van der Waals surface area contributed by atoms with Gasteiger partial charge < -0.3 is 10.2 Å². The molecule has 0 bridgehead atoms. The SMILES string of the molecule is CN1CCCC1CNC(=O)c1ccccn1. The van der Waals surface area contributed by atoms with E-state index in [-0.39, 0.29) is 5.91 Å². The largest absolute Gasteiger partial charge is 0.349 e. The zero-order valence-corrected chi connectivity index (χ0v) is 9.52. The van der Waals surface area contributed by atoms with Gasteiger partial charge in [0.2, 0.25) is 0 Å². The number of nitrogens with zero attached hydrogens (tertiary/aromatic N) is 2. The van der Waals surface area contributed by atoms with Gasteiger partial charge in [-0.15, -0.1) is 0 Å². The monoisotopic (exact) mass is 219 g/mol. The summed E-state index contributed by atoms with van der Waals surface area (Å²) in [7, 11) is 2.10. The Morgan fingerprint density at radius 2 is 2.50 bits per heavy atom. The van der Waals surface area contributed by atoms with E-state index in [9.17, 15) is 4.79 Å². The fraction of sp³-hybridized carbons (Fsp3) is 0.500. The van der Waals surface area contributed by atoms with E-state index >= 15 is 0 Å². The van der Waals surface area contributed by atoms with Crippen LogP contribution >= 0.6 is 0 Å². The predicted molar refractivity (Wildman–Crippen MR) is 62.2 cm³/mol. The van der Waals surface area contributed by atoms with Crippen molar-refractivity contribution in [3.8, 4) is 0 Å². The van der Waals surface area contributed by atoms with Gasteiger partial charge in [-0.2, -0.15) is 0 Å². The Kier molecular flexibility index (Phi) is 3.51. The van der Waals surface area contributed by atoms with Crippen molar-refractivity contribution in [2.24, 2.45) is 0 Å². The van der Waals surface area contributed by atoms with Crippen molar-refractivity contribution in [3.63, 3.8) is 0 Å². The highest BCUT2D eigenvalue weighted by atomic mass is 16.1. The van der Waals surface area contributed by atoms with E-state index in [1.165, 1.54) is 12.8 Å². The molecule has 1 saturated heterocycles. The molecule has 1 N–H and O–H groups in total. The van der Waals surface area contributed by atoms with Gasteiger partial charge in [-0.05, 0) is 38.6 Å². The number of nitrogens with one attached hydrogen (secondary N) is 1. The van der Waals surface area contributed by atoms with E-state index in [1.807, 2.05) is 12.1 Å². The molecule has 1 unspecified atom stereocenters. The lowest BCUT2D eigenvalue weighted by Crippen LogP contribution is -2.38. The van der Waals surface area contributed by atoms with Gasteiger partial charge in [-0.25, -0.2) is 0 Å². The minimum absolute atomic E-state index is 0.0825. The lowest BCUT2D eigenvalue weighted by Gasteiger charge is -2.19. The summed E-state index contributed by atoms with van der Waals surface area (Å²) in [5.41, 5.74) is 0.489. The number of rotatable bonds is 3. The van der Waals surface area contributed by atoms with Crippen molar-refractivity contribution in [2.75, 3.05) is 20.1 Å². The number of pyridine rings is 1. The minimum atomic E-state index is -0.0825. The number of carbonyl (C=O) groups is 1. The average Bonchev–Trinajstić information content (AvgIpc) is 2.73. The molecule has 1 aliphatic heterocycles. The smallest absolute Gasteiger partial charge is 0.269 e. The molecule has 16 heavy (non-hydrogen) atoms. The van der Waals surface area contributed by atoms with Gasteiger partial charge in [0, 0.05) is 18.8 Å². The van der Waals surface area contributed by atoms with Crippen LogP contribution in [-0.2, 0) is 0 Å². The first kappa shape index (κ1) is 11.1. The molecule has 4 nitrogen and oxygen atoms in total. The number of likely N-dealkylation sites (N-methyl/N-ethyl adjacent to an activating group) is 1. The molecule has 1 aromatic heterocycles. The molecule has 1 aromatic rings. The first-order valence-electron chi connectivity index (χ1n) is 5.67. The van der Waals surface area contributed by atoms with Crippen molar-refractivity contribution in [1.82, 2.24) is 15.2 Å². The number of aromatic nitrogens is 1. The van der Waals surface area contributed by atoms with Gasteiger partial charge in [-0.1, -0.05) is 6.07 Å². The summed E-state index contributed by atoms with van der Waals surface area (Å²) >= 11 is 0. The second-order valence-corrected chi connectivity index (χ2v) is 4.20. The first-order chi connectivity index (χ1) is 7.77. The third kappa shape index (κ3) is 2.58. The van der Waals surface area contributed by atoms with E-state index in [0.717, 1.165) is 6.54 Å². The highest BCUT2D eigenvalue weighted by Gasteiger charge is 2.21. The molecule has 0 saturated carbocycles. The Bertz CT molecular complexity index is 353. The van der Waals surface area contributed by atoms with Gasteiger partial charge in [-0.3, -0.25) is 9.78 Å². The van der Waals surface area contributed by atoms with E-state index in [1.54, 1.807) is 12.3 Å². The molecule has 4 heteroatoms. The van der Waals surface area contributed by atoms with Crippen LogP contribution in [0.4, 0.5) is 0 Å². The maximum absolute atomic E-state index is 11.7. The van der Waals surface area contributed by atoms with Gasteiger partial charge in [0.25, 0.3) is 5.91 Å². The highest BCUT2D eigenvalue weighted by Crippen LogP contribution is 2.13. The van der Waals surface area contributed by atoms with Crippen molar-refractivity contribution in [3.05, 3.63) is 30.1 Å². The summed E-state index contributed by atoms with van der Waals surface area (Å²) in [6.07, 6.45) is 4.02. The Balaban J connectivity index is 1.84. The molecule has 86 valence electrons. The topological polar surface area (TPSA) is 45.2 Å². The van der Waals surface area contributed by atoms with E-state index in [0.29, 0.717) is 18.3 Å². The molecule has 0 radical (unpaired) electrons. The first-order valence-corrected chi connectivity index (χ1v) is 5.67. The third-order valence-corrected chi connectivity index (χ3v) is 3.07. The molecule has 0 aliphatic carbocycles. The number of likely N-dealkylation sites (tertiary alicyclic amines) is 1. The number of amides is 1. The normalized spacial score (nSPS) is 20.9. The van der Waals surface area contributed by atoms with Crippen LogP contribution in [0.25, 0.3) is 0 Å². The molecular weight excluding hydrogens is 202 g/mol. The summed E-state index contributed by atoms with van der Waals surface area (Å²) in [5.74, 6) is -0.0825. The standard InChI is InChI=1S/C12H17N3O/c1-15-8-4-5-10(15)9-14-12(16)11-6-2-3-7-13-11/h2-3,6-7,10H,4-5,8-9H2,1H3,(H,14,16). The average molecular weight is 219 g/mol. The molecule has 1 fully saturated rings.